The van der Waals surface area contributed by atoms with Gasteiger partial charge in [-0.3, -0.25) is 4.90 Å². The first-order valence-corrected chi connectivity index (χ1v) is 2.90. The third-order valence-electron chi connectivity index (χ3n) is 1.15. The Morgan fingerprint density at radius 1 is 1.56 bits per heavy atom. The van der Waals surface area contributed by atoms with E-state index in [9.17, 15) is 0 Å². The molecule has 5 nitrogen and oxygen atoms in total. The first kappa shape index (κ1) is 6.91. The van der Waals surface area contributed by atoms with Crippen molar-refractivity contribution in [1.29, 1.82) is 0 Å². The van der Waals surface area contributed by atoms with E-state index in [1.807, 2.05) is 26.3 Å². The molecule has 0 aliphatic carbocycles. The van der Waals surface area contributed by atoms with Gasteiger partial charge in [0.2, 0.25) is 0 Å². The van der Waals surface area contributed by atoms with Crippen LogP contribution in [0.15, 0.2) is 0 Å². The van der Waals surface area contributed by atoms with Crippen LogP contribution in [0, 0.1) is 0 Å². The predicted molar refractivity (Wildman–Crippen MR) is 34.6 cm³/mol. The Kier molecular flexibility index (Phi) is 1.99. The van der Waals surface area contributed by atoms with Gasteiger partial charge in [0.25, 0.3) is 0 Å². The summed E-state index contributed by atoms with van der Waals surface area (Å²) >= 11 is 0. The van der Waals surface area contributed by atoms with Gasteiger partial charge in [-0.1, -0.05) is 0 Å². The summed E-state index contributed by atoms with van der Waals surface area (Å²) in [6, 6.07) is 0. The Hall–Kier alpha value is -0.200. The van der Waals surface area contributed by atoms with Crippen molar-refractivity contribution < 1.29 is 0 Å². The molecular formula is C4H13N5. The highest BCUT2D eigenvalue weighted by Crippen LogP contribution is 2.04. The molecule has 0 aromatic rings. The Balaban J connectivity index is 2.09. The molecule has 1 rings (SSSR count). The third kappa shape index (κ3) is 1.60. The van der Waals surface area contributed by atoms with Gasteiger partial charge in [-0.05, 0) is 21.1 Å². The van der Waals surface area contributed by atoms with Crippen LogP contribution < -0.4 is 16.4 Å². The molecule has 0 radical (unpaired) electrons. The van der Waals surface area contributed by atoms with E-state index >= 15 is 0 Å². The van der Waals surface area contributed by atoms with Gasteiger partial charge in [0.05, 0.1) is 0 Å². The van der Waals surface area contributed by atoms with Crippen molar-refractivity contribution in [2.45, 2.75) is 6.29 Å². The summed E-state index contributed by atoms with van der Waals surface area (Å²) in [6.07, 6.45) is 0.331. The Morgan fingerprint density at radius 2 is 2.22 bits per heavy atom. The zero-order valence-corrected chi connectivity index (χ0v) is 5.97. The quantitative estimate of drug-likeness (QED) is 0.314. The lowest BCUT2D eigenvalue weighted by Crippen LogP contribution is -2.37. The second-order valence-electron chi connectivity index (χ2n) is 2.20. The summed E-state index contributed by atoms with van der Waals surface area (Å²) in [5.74, 6) is 0. The second-order valence-corrected chi connectivity index (χ2v) is 2.20. The van der Waals surface area contributed by atoms with E-state index in [1.165, 1.54) is 0 Å². The number of hydrazine groups is 3. The monoisotopic (exact) mass is 131 g/mol. The van der Waals surface area contributed by atoms with E-state index in [2.05, 4.69) is 21.3 Å². The molecule has 1 saturated heterocycles. The maximum absolute atomic E-state index is 3.05. The SMILES string of the molecule is CNNN1NC1N(C)C. The maximum Gasteiger partial charge on any atom is 0.159 e. The van der Waals surface area contributed by atoms with E-state index < -0.39 is 0 Å². The van der Waals surface area contributed by atoms with Gasteiger partial charge in [0.15, 0.2) is 6.29 Å². The van der Waals surface area contributed by atoms with E-state index in [0.717, 1.165) is 0 Å². The third-order valence-corrected chi connectivity index (χ3v) is 1.15. The Morgan fingerprint density at radius 3 is 2.56 bits per heavy atom. The minimum Gasteiger partial charge on any atom is -0.279 e. The van der Waals surface area contributed by atoms with Crippen molar-refractivity contribution in [3.05, 3.63) is 0 Å². The summed E-state index contributed by atoms with van der Waals surface area (Å²) in [6.45, 7) is 0. The van der Waals surface area contributed by atoms with E-state index in [0.29, 0.717) is 6.29 Å². The minimum atomic E-state index is 0.331. The highest BCUT2D eigenvalue weighted by molar-refractivity contribution is 4.69. The van der Waals surface area contributed by atoms with Crippen LogP contribution in [0.5, 0.6) is 0 Å². The Bertz CT molecular complexity index is 93.0. The van der Waals surface area contributed by atoms with Gasteiger partial charge in [-0.15, -0.1) is 5.12 Å². The molecule has 9 heavy (non-hydrogen) atoms. The minimum absolute atomic E-state index is 0.331. The number of nitrogens with zero attached hydrogens (tertiary/aromatic N) is 2. The standard InChI is InChI=1S/C4H13N5/c1-5-7-9-4(6-9)8(2)3/h4-7H,1-3H3. The predicted octanol–water partition coefficient (Wildman–Crippen LogP) is -1.71. The lowest BCUT2D eigenvalue weighted by Gasteiger charge is -2.06. The van der Waals surface area contributed by atoms with Gasteiger partial charge in [-0.2, -0.15) is 5.53 Å². The summed E-state index contributed by atoms with van der Waals surface area (Å²) in [5.41, 5.74) is 8.74. The van der Waals surface area contributed by atoms with Crippen LogP contribution in [-0.2, 0) is 0 Å². The van der Waals surface area contributed by atoms with E-state index in [1.54, 1.807) is 0 Å². The zero-order chi connectivity index (χ0) is 6.85. The van der Waals surface area contributed by atoms with Crippen LogP contribution in [0.3, 0.4) is 0 Å². The van der Waals surface area contributed by atoms with Crippen molar-refractivity contribution in [1.82, 2.24) is 26.4 Å². The Labute approximate surface area is 54.9 Å². The lowest BCUT2D eigenvalue weighted by molar-refractivity contribution is 0.235. The topological polar surface area (TPSA) is 52.3 Å². The molecule has 0 spiro atoms. The van der Waals surface area contributed by atoms with Crippen LogP contribution in [0.4, 0.5) is 0 Å². The molecule has 0 amide bonds. The van der Waals surface area contributed by atoms with Gasteiger partial charge in [-0.25, -0.2) is 10.9 Å². The molecule has 0 saturated carbocycles. The van der Waals surface area contributed by atoms with Crippen LogP contribution in [0.25, 0.3) is 0 Å². The molecule has 0 aromatic heterocycles. The van der Waals surface area contributed by atoms with Gasteiger partial charge in [0, 0.05) is 0 Å². The van der Waals surface area contributed by atoms with Crippen LogP contribution >= 0.6 is 0 Å². The largest absolute Gasteiger partial charge is 0.279 e. The molecule has 3 N–H and O–H groups in total. The molecule has 0 aromatic carbocycles. The molecule has 0 bridgehead atoms. The number of hydrogen-bond acceptors (Lipinski definition) is 5. The number of nitrogens with one attached hydrogen (secondary N) is 3. The van der Waals surface area contributed by atoms with Crippen LogP contribution in [0.1, 0.15) is 0 Å². The lowest BCUT2D eigenvalue weighted by atomic mass is 10.8. The van der Waals surface area contributed by atoms with E-state index in [-0.39, 0.29) is 0 Å². The molecule has 2 atom stereocenters. The fourth-order valence-corrected chi connectivity index (χ4v) is 0.651. The van der Waals surface area contributed by atoms with Gasteiger partial charge >= 0.3 is 0 Å². The first-order chi connectivity index (χ1) is 4.25. The van der Waals surface area contributed by atoms with Crippen LogP contribution in [-0.4, -0.2) is 37.5 Å². The number of rotatable bonds is 3. The average molecular weight is 131 g/mol. The molecule has 1 heterocycles. The van der Waals surface area contributed by atoms with Gasteiger partial charge < -0.3 is 0 Å². The van der Waals surface area contributed by atoms with Crippen molar-refractivity contribution in [2.24, 2.45) is 0 Å². The first-order valence-electron chi connectivity index (χ1n) is 2.90. The highest BCUT2D eigenvalue weighted by Gasteiger charge is 2.34. The fourth-order valence-electron chi connectivity index (χ4n) is 0.651. The van der Waals surface area contributed by atoms with E-state index in [4.69, 9.17) is 0 Å². The molecule has 1 aliphatic rings. The molecule has 54 valence electrons. The van der Waals surface area contributed by atoms with Crippen LogP contribution in [0.2, 0.25) is 0 Å². The molecule has 1 fully saturated rings. The fraction of sp³-hybridized carbons (Fsp3) is 1.00. The molecular weight excluding hydrogens is 118 g/mol. The van der Waals surface area contributed by atoms with Crippen molar-refractivity contribution in [3.8, 4) is 0 Å². The highest BCUT2D eigenvalue weighted by atomic mass is 16.0. The summed E-state index contributed by atoms with van der Waals surface area (Å²) in [7, 11) is 5.84. The normalized spacial score (nSPS) is 33.3. The van der Waals surface area contributed by atoms with Crippen molar-refractivity contribution in [3.63, 3.8) is 0 Å². The van der Waals surface area contributed by atoms with Crippen molar-refractivity contribution in [2.75, 3.05) is 21.1 Å². The maximum atomic E-state index is 3.05. The van der Waals surface area contributed by atoms with Crippen molar-refractivity contribution >= 4 is 0 Å². The second kappa shape index (κ2) is 2.59. The molecule has 1 aliphatic heterocycles. The zero-order valence-electron chi connectivity index (χ0n) is 5.97. The molecule has 5 heteroatoms. The summed E-state index contributed by atoms with van der Waals surface area (Å²) in [4.78, 5) is 2.06. The average Bonchev–Trinajstić information content (AvgIpc) is 2.47. The summed E-state index contributed by atoms with van der Waals surface area (Å²) < 4.78 is 0. The molecule has 2 unspecified atom stereocenters. The smallest absolute Gasteiger partial charge is 0.159 e. The number of hydrogen-bond donors (Lipinski definition) is 3. The van der Waals surface area contributed by atoms with Gasteiger partial charge in [0.1, 0.15) is 0 Å². The summed E-state index contributed by atoms with van der Waals surface area (Å²) in [5, 5.41) is 1.86.